The first kappa shape index (κ1) is 13.0. The number of carbonyl (C=O) groups is 1. The molecule has 0 aliphatic rings. The molecular weight excluding hydrogens is 242 g/mol. The molecule has 1 atom stereocenters. The average molecular weight is 257 g/mol. The van der Waals surface area contributed by atoms with Gasteiger partial charge >= 0.3 is 0 Å². The lowest BCUT2D eigenvalue weighted by atomic mass is 10.1. The first-order valence-electron chi connectivity index (χ1n) is 5.98. The van der Waals surface area contributed by atoms with E-state index in [1.54, 1.807) is 25.4 Å². The number of hydrogen-bond acceptors (Lipinski definition) is 3. The zero-order valence-electron chi connectivity index (χ0n) is 10.8. The molecule has 2 N–H and O–H groups in total. The van der Waals surface area contributed by atoms with Gasteiger partial charge in [0.15, 0.2) is 5.43 Å². The summed E-state index contributed by atoms with van der Waals surface area (Å²) in [5, 5.41) is 2.77. The van der Waals surface area contributed by atoms with Crippen molar-refractivity contribution in [1.29, 1.82) is 0 Å². The van der Waals surface area contributed by atoms with Crippen LogP contribution in [0.25, 0.3) is 0 Å². The molecule has 0 aliphatic carbocycles. The average Bonchev–Trinajstić information content (AvgIpc) is 2.39. The smallest absolute Gasteiger partial charge is 0.257 e. The summed E-state index contributed by atoms with van der Waals surface area (Å²) in [6.45, 7) is 3.61. The van der Waals surface area contributed by atoms with Gasteiger partial charge in [-0.25, -0.2) is 0 Å². The summed E-state index contributed by atoms with van der Waals surface area (Å²) in [4.78, 5) is 30.6. The molecule has 98 valence electrons. The van der Waals surface area contributed by atoms with Crippen molar-refractivity contribution in [3.63, 3.8) is 0 Å². The monoisotopic (exact) mass is 257 g/mol. The van der Waals surface area contributed by atoms with Crippen LogP contribution in [-0.2, 0) is 0 Å². The third kappa shape index (κ3) is 3.07. The first-order chi connectivity index (χ1) is 9.08. The second-order valence-electron chi connectivity index (χ2n) is 4.38. The van der Waals surface area contributed by atoms with Crippen LogP contribution in [0, 0.1) is 6.92 Å². The number of carbonyl (C=O) groups excluding carboxylic acids is 1. The Labute approximate surface area is 110 Å². The normalized spacial score (nSPS) is 11.9. The van der Waals surface area contributed by atoms with Crippen molar-refractivity contribution in [2.24, 2.45) is 0 Å². The zero-order valence-corrected chi connectivity index (χ0v) is 10.8. The number of nitrogens with zero attached hydrogens (tertiary/aromatic N) is 1. The van der Waals surface area contributed by atoms with Crippen LogP contribution in [-0.4, -0.2) is 15.9 Å². The van der Waals surface area contributed by atoms with Crippen LogP contribution in [0.1, 0.15) is 34.6 Å². The number of aromatic nitrogens is 2. The molecule has 19 heavy (non-hydrogen) atoms. The van der Waals surface area contributed by atoms with Crippen LogP contribution < -0.4 is 10.7 Å². The first-order valence-corrected chi connectivity index (χ1v) is 5.98. The van der Waals surface area contributed by atoms with Gasteiger partial charge in [-0.05, 0) is 25.5 Å². The molecule has 0 saturated carbocycles. The molecule has 2 rings (SSSR count). The maximum atomic E-state index is 12.0. The molecule has 0 fully saturated rings. The lowest BCUT2D eigenvalue weighted by Gasteiger charge is -2.13. The Hall–Kier alpha value is -2.43. The fraction of sp³-hybridized carbons (Fsp3) is 0.214. The highest BCUT2D eigenvalue weighted by atomic mass is 16.2. The highest BCUT2D eigenvalue weighted by Gasteiger charge is 2.14. The standard InChI is InChI=1S/C14H15N3O2/c1-9-6-13(18)12(8-16-9)14(19)17-10(2)11-4-3-5-15-7-11/h3-8,10H,1-2H3,(H,16,18)(H,17,19). The van der Waals surface area contributed by atoms with Gasteiger partial charge in [0, 0.05) is 30.4 Å². The predicted octanol–water partition coefficient (Wildman–Crippen LogP) is 1.57. The third-order valence-corrected chi connectivity index (χ3v) is 2.83. The maximum absolute atomic E-state index is 12.0. The van der Waals surface area contributed by atoms with Crippen LogP contribution in [0.3, 0.4) is 0 Å². The van der Waals surface area contributed by atoms with E-state index < -0.39 is 5.91 Å². The summed E-state index contributed by atoms with van der Waals surface area (Å²) in [7, 11) is 0. The number of amides is 1. The van der Waals surface area contributed by atoms with E-state index in [1.807, 2.05) is 13.0 Å². The molecular formula is C14H15N3O2. The van der Waals surface area contributed by atoms with E-state index in [9.17, 15) is 9.59 Å². The molecule has 0 bridgehead atoms. The molecule has 1 amide bonds. The number of hydrogen-bond donors (Lipinski definition) is 2. The minimum absolute atomic E-state index is 0.112. The highest BCUT2D eigenvalue weighted by Crippen LogP contribution is 2.10. The van der Waals surface area contributed by atoms with Crippen molar-refractivity contribution in [3.05, 3.63) is 63.8 Å². The second kappa shape index (κ2) is 5.48. The fourth-order valence-electron chi connectivity index (χ4n) is 1.74. The van der Waals surface area contributed by atoms with Gasteiger partial charge in [-0.15, -0.1) is 0 Å². The van der Waals surface area contributed by atoms with Crippen molar-refractivity contribution in [2.75, 3.05) is 0 Å². The summed E-state index contributed by atoms with van der Waals surface area (Å²) in [5.74, 6) is -0.391. The molecule has 1 unspecified atom stereocenters. The second-order valence-corrected chi connectivity index (χ2v) is 4.38. The molecule has 0 aromatic carbocycles. The van der Waals surface area contributed by atoms with E-state index in [2.05, 4.69) is 15.3 Å². The molecule has 0 saturated heterocycles. The highest BCUT2D eigenvalue weighted by molar-refractivity contribution is 5.94. The lowest BCUT2D eigenvalue weighted by Crippen LogP contribution is -2.31. The van der Waals surface area contributed by atoms with Gasteiger partial charge in [0.1, 0.15) is 5.56 Å². The van der Waals surface area contributed by atoms with E-state index in [-0.39, 0.29) is 17.0 Å². The van der Waals surface area contributed by atoms with Gasteiger partial charge in [-0.3, -0.25) is 14.6 Å². The largest absolute Gasteiger partial charge is 0.364 e. The van der Waals surface area contributed by atoms with Gasteiger partial charge in [0.2, 0.25) is 0 Å². The Balaban J connectivity index is 2.15. The van der Waals surface area contributed by atoms with E-state index in [1.165, 1.54) is 12.3 Å². The Kier molecular flexibility index (Phi) is 3.75. The van der Waals surface area contributed by atoms with Crippen molar-refractivity contribution in [3.8, 4) is 0 Å². The van der Waals surface area contributed by atoms with E-state index in [0.29, 0.717) is 0 Å². The van der Waals surface area contributed by atoms with Crippen LogP contribution >= 0.6 is 0 Å². The molecule has 0 spiro atoms. The van der Waals surface area contributed by atoms with Crippen LogP contribution in [0.2, 0.25) is 0 Å². The Bertz CT molecular complexity index is 635. The fourth-order valence-corrected chi connectivity index (χ4v) is 1.74. The van der Waals surface area contributed by atoms with Gasteiger partial charge in [-0.2, -0.15) is 0 Å². The van der Waals surface area contributed by atoms with Crippen molar-refractivity contribution in [1.82, 2.24) is 15.3 Å². The third-order valence-electron chi connectivity index (χ3n) is 2.83. The molecule has 0 aliphatic heterocycles. The summed E-state index contributed by atoms with van der Waals surface area (Å²) in [5.41, 5.74) is 1.44. The van der Waals surface area contributed by atoms with Crippen molar-refractivity contribution < 1.29 is 4.79 Å². The predicted molar refractivity (Wildman–Crippen MR) is 71.9 cm³/mol. The summed E-state index contributed by atoms with van der Waals surface area (Å²) in [6.07, 6.45) is 4.79. The van der Waals surface area contributed by atoms with E-state index >= 15 is 0 Å². The maximum Gasteiger partial charge on any atom is 0.257 e. The number of aryl methyl sites for hydroxylation is 1. The Morgan fingerprint density at radius 2 is 2.26 bits per heavy atom. The summed E-state index contributed by atoms with van der Waals surface area (Å²) in [6, 6.07) is 4.87. The zero-order chi connectivity index (χ0) is 13.8. The molecule has 0 radical (unpaired) electrons. The number of nitrogens with one attached hydrogen (secondary N) is 2. The topological polar surface area (TPSA) is 74.8 Å². The van der Waals surface area contributed by atoms with Gasteiger partial charge in [-0.1, -0.05) is 6.07 Å². The van der Waals surface area contributed by atoms with Gasteiger partial charge in [0.05, 0.1) is 6.04 Å². The van der Waals surface area contributed by atoms with Crippen molar-refractivity contribution >= 4 is 5.91 Å². The number of rotatable bonds is 3. The molecule has 5 heteroatoms. The van der Waals surface area contributed by atoms with Gasteiger partial charge < -0.3 is 10.3 Å². The van der Waals surface area contributed by atoms with Crippen LogP contribution in [0.5, 0.6) is 0 Å². The Morgan fingerprint density at radius 1 is 1.47 bits per heavy atom. The SMILES string of the molecule is Cc1cc(=O)c(C(=O)NC(C)c2cccnc2)c[nH]1. The molecule has 2 heterocycles. The quantitative estimate of drug-likeness (QED) is 0.876. The number of H-pyrrole nitrogens is 1. The van der Waals surface area contributed by atoms with E-state index in [0.717, 1.165) is 11.3 Å². The minimum Gasteiger partial charge on any atom is -0.364 e. The minimum atomic E-state index is -0.391. The van der Waals surface area contributed by atoms with Crippen LogP contribution in [0.15, 0.2) is 41.6 Å². The number of aromatic amines is 1. The molecule has 2 aromatic heterocycles. The molecule has 5 nitrogen and oxygen atoms in total. The van der Waals surface area contributed by atoms with Crippen molar-refractivity contribution in [2.45, 2.75) is 19.9 Å². The summed E-state index contributed by atoms with van der Waals surface area (Å²) >= 11 is 0. The van der Waals surface area contributed by atoms with E-state index in [4.69, 9.17) is 0 Å². The summed E-state index contributed by atoms with van der Waals surface area (Å²) < 4.78 is 0. The lowest BCUT2D eigenvalue weighted by molar-refractivity contribution is 0.0938. The number of pyridine rings is 2. The Morgan fingerprint density at radius 3 is 2.89 bits per heavy atom. The molecule has 2 aromatic rings. The van der Waals surface area contributed by atoms with Gasteiger partial charge in [0.25, 0.3) is 5.91 Å². The van der Waals surface area contributed by atoms with Crippen LogP contribution in [0.4, 0.5) is 0 Å².